The molecule has 28 heavy (non-hydrogen) atoms. The number of ether oxygens (including phenoxy) is 2. The third-order valence-corrected chi connectivity index (χ3v) is 5.51. The van der Waals surface area contributed by atoms with Gasteiger partial charge >= 0.3 is 12.1 Å². The highest BCUT2D eigenvalue weighted by molar-refractivity contribution is 5.87. The second-order valence-electron chi connectivity index (χ2n) is 7.63. The van der Waals surface area contributed by atoms with E-state index in [2.05, 4.69) is 17.4 Å². The van der Waals surface area contributed by atoms with Gasteiger partial charge in [-0.05, 0) is 43.0 Å². The van der Waals surface area contributed by atoms with Crippen molar-refractivity contribution in [2.45, 2.75) is 37.8 Å². The molecule has 0 radical (unpaired) electrons. The summed E-state index contributed by atoms with van der Waals surface area (Å²) in [4.78, 5) is 24.6. The molecule has 2 aromatic carbocycles. The molecule has 0 aliphatic heterocycles. The molecule has 0 heterocycles. The molecule has 1 aliphatic rings. The number of hydrogen-bond donors (Lipinski definition) is 2. The monoisotopic (exact) mass is 383 g/mol. The van der Waals surface area contributed by atoms with E-state index in [1.807, 2.05) is 36.4 Å². The lowest BCUT2D eigenvalue weighted by Crippen LogP contribution is -2.65. The highest BCUT2D eigenvalue weighted by atomic mass is 16.6. The van der Waals surface area contributed by atoms with Gasteiger partial charge in [0, 0.05) is 5.92 Å². The summed E-state index contributed by atoms with van der Waals surface area (Å²) >= 11 is 0. The Morgan fingerprint density at radius 2 is 1.50 bits per heavy atom. The normalized spacial score (nSPS) is 15.2. The zero-order chi connectivity index (χ0) is 20.5. The number of esters is 1. The van der Waals surface area contributed by atoms with Crippen LogP contribution in [0, 0.1) is 0 Å². The third kappa shape index (κ3) is 3.36. The molecule has 0 saturated carbocycles. The van der Waals surface area contributed by atoms with Gasteiger partial charge in [-0.1, -0.05) is 48.5 Å². The van der Waals surface area contributed by atoms with Crippen molar-refractivity contribution in [2.75, 3.05) is 13.7 Å². The van der Waals surface area contributed by atoms with E-state index >= 15 is 0 Å². The number of aliphatic hydroxyl groups is 1. The largest absolute Gasteiger partial charge is 0.467 e. The van der Waals surface area contributed by atoms with Crippen molar-refractivity contribution < 1.29 is 24.2 Å². The first-order valence-corrected chi connectivity index (χ1v) is 9.13. The standard InChI is InChI=1S/C22H25NO5/c1-21(2,26)22(3,19(24)27-4)23-20(25)28-13-18-16-11-7-5-9-14(16)15-10-6-8-12-17(15)18/h5-12,18,26H,13H2,1-4H3,(H,23,25). The van der Waals surface area contributed by atoms with Crippen LogP contribution in [0.25, 0.3) is 11.1 Å². The summed E-state index contributed by atoms with van der Waals surface area (Å²) < 4.78 is 10.2. The summed E-state index contributed by atoms with van der Waals surface area (Å²) in [6, 6.07) is 16.0. The molecule has 1 atom stereocenters. The summed E-state index contributed by atoms with van der Waals surface area (Å²) in [6.07, 6.45) is -0.795. The lowest BCUT2D eigenvalue weighted by Gasteiger charge is -2.37. The van der Waals surface area contributed by atoms with E-state index < -0.39 is 23.2 Å². The maximum Gasteiger partial charge on any atom is 0.408 e. The van der Waals surface area contributed by atoms with Gasteiger partial charge in [0.15, 0.2) is 5.54 Å². The predicted octanol–water partition coefficient (Wildman–Crippen LogP) is 3.23. The number of rotatable bonds is 5. The van der Waals surface area contributed by atoms with E-state index in [-0.39, 0.29) is 12.5 Å². The molecular weight excluding hydrogens is 358 g/mol. The molecule has 0 saturated heterocycles. The molecule has 0 aromatic heterocycles. The van der Waals surface area contributed by atoms with Crippen LogP contribution in [0.15, 0.2) is 48.5 Å². The smallest absolute Gasteiger partial charge is 0.408 e. The van der Waals surface area contributed by atoms with Gasteiger partial charge < -0.3 is 19.9 Å². The van der Waals surface area contributed by atoms with Gasteiger partial charge in [-0.25, -0.2) is 9.59 Å². The molecule has 2 aromatic rings. The van der Waals surface area contributed by atoms with Gasteiger partial charge in [0.05, 0.1) is 12.7 Å². The van der Waals surface area contributed by atoms with Gasteiger partial charge in [0.2, 0.25) is 0 Å². The number of carbonyl (C=O) groups is 2. The van der Waals surface area contributed by atoms with Crippen LogP contribution < -0.4 is 5.32 Å². The number of fused-ring (bicyclic) bond motifs is 3. The van der Waals surface area contributed by atoms with Crippen LogP contribution in [0.5, 0.6) is 0 Å². The Morgan fingerprint density at radius 3 is 1.96 bits per heavy atom. The summed E-state index contributed by atoms with van der Waals surface area (Å²) in [7, 11) is 1.20. The van der Waals surface area contributed by atoms with E-state index in [9.17, 15) is 14.7 Å². The molecule has 6 nitrogen and oxygen atoms in total. The highest BCUT2D eigenvalue weighted by Crippen LogP contribution is 2.44. The molecule has 0 fully saturated rings. The van der Waals surface area contributed by atoms with Gasteiger partial charge in [-0.2, -0.15) is 0 Å². The number of benzene rings is 2. The topological polar surface area (TPSA) is 84.9 Å². The van der Waals surface area contributed by atoms with Crippen molar-refractivity contribution in [3.63, 3.8) is 0 Å². The van der Waals surface area contributed by atoms with Crippen molar-refractivity contribution >= 4 is 12.1 Å². The average Bonchev–Trinajstić information content (AvgIpc) is 2.98. The Kier molecular flexibility index (Phi) is 5.17. The SMILES string of the molecule is COC(=O)C(C)(NC(=O)OCC1c2ccccc2-c2ccccc21)C(C)(C)O. The Labute approximate surface area is 164 Å². The zero-order valence-corrected chi connectivity index (χ0v) is 16.5. The second-order valence-corrected chi connectivity index (χ2v) is 7.63. The van der Waals surface area contributed by atoms with E-state index in [1.54, 1.807) is 0 Å². The van der Waals surface area contributed by atoms with Crippen LogP contribution in [0.1, 0.15) is 37.8 Å². The summed E-state index contributed by atoms with van der Waals surface area (Å²) in [5.41, 5.74) is 1.24. The van der Waals surface area contributed by atoms with Crippen LogP contribution in [0.3, 0.4) is 0 Å². The van der Waals surface area contributed by atoms with Crippen LogP contribution in [0.2, 0.25) is 0 Å². The molecule has 1 amide bonds. The van der Waals surface area contributed by atoms with Crippen molar-refractivity contribution in [1.82, 2.24) is 5.32 Å². The lowest BCUT2D eigenvalue weighted by molar-refractivity contribution is -0.158. The van der Waals surface area contributed by atoms with Crippen LogP contribution in [-0.4, -0.2) is 42.0 Å². The molecule has 3 rings (SSSR count). The maximum absolute atomic E-state index is 12.5. The number of carbonyl (C=O) groups excluding carboxylic acids is 2. The number of amides is 1. The first kappa shape index (κ1) is 19.9. The summed E-state index contributed by atoms with van der Waals surface area (Å²) in [5, 5.41) is 12.8. The minimum atomic E-state index is -1.65. The number of alkyl carbamates (subject to hydrolysis) is 1. The summed E-state index contributed by atoms with van der Waals surface area (Å²) in [6.45, 7) is 4.37. The Morgan fingerprint density at radius 1 is 1.00 bits per heavy atom. The minimum absolute atomic E-state index is 0.0929. The van der Waals surface area contributed by atoms with Gasteiger partial charge in [0.1, 0.15) is 6.61 Å². The van der Waals surface area contributed by atoms with E-state index in [0.717, 1.165) is 22.3 Å². The van der Waals surface area contributed by atoms with Crippen molar-refractivity contribution in [3.05, 3.63) is 59.7 Å². The molecular formula is C22H25NO5. The van der Waals surface area contributed by atoms with Gasteiger partial charge in [-0.3, -0.25) is 0 Å². The maximum atomic E-state index is 12.5. The average molecular weight is 383 g/mol. The fourth-order valence-electron chi connectivity index (χ4n) is 3.50. The van der Waals surface area contributed by atoms with E-state index in [4.69, 9.17) is 9.47 Å². The predicted molar refractivity (Wildman–Crippen MR) is 105 cm³/mol. The van der Waals surface area contributed by atoms with Gasteiger partial charge in [0.25, 0.3) is 0 Å². The highest BCUT2D eigenvalue weighted by Gasteiger charge is 2.49. The minimum Gasteiger partial charge on any atom is -0.467 e. The van der Waals surface area contributed by atoms with E-state index in [1.165, 1.54) is 27.9 Å². The van der Waals surface area contributed by atoms with Crippen molar-refractivity contribution in [3.8, 4) is 11.1 Å². The Bertz CT molecular complexity index is 856. The lowest BCUT2D eigenvalue weighted by atomic mass is 9.84. The number of nitrogens with one attached hydrogen (secondary N) is 1. The molecule has 2 N–H and O–H groups in total. The van der Waals surface area contributed by atoms with Crippen LogP contribution in [0.4, 0.5) is 4.79 Å². The summed E-state index contributed by atoms with van der Waals surface area (Å²) in [5.74, 6) is -0.849. The quantitative estimate of drug-likeness (QED) is 0.775. The van der Waals surface area contributed by atoms with Crippen LogP contribution in [-0.2, 0) is 14.3 Å². The fraction of sp³-hybridized carbons (Fsp3) is 0.364. The fourth-order valence-corrected chi connectivity index (χ4v) is 3.50. The number of methoxy groups -OCH3 is 1. The second kappa shape index (κ2) is 7.28. The first-order valence-electron chi connectivity index (χ1n) is 9.13. The van der Waals surface area contributed by atoms with Gasteiger partial charge in [-0.15, -0.1) is 0 Å². The molecule has 0 bridgehead atoms. The molecule has 6 heteroatoms. The van der Waals surface area contributed by atoms with Crippen molar-refractivity contribution in [2.24, 2.45) is 0 Å². The van der Waals surface area contributed by atoms with E-state index in [0.29, 0.717) is 0 Å². The van der Waals surface area contributed by atoms with Crippen LogP contribution >= 0.6 is 0 Å². The Hall–Kier alpha value is -2.86. The molecule has 1 aliphatic carbocycles. The number of hydrogen-bond acceptors (Lipinski definition) is 5. The molecule has 1 unspecified atom stereocenters. The first-order chi connectivity index (χ1) is 13.2. The Balaban J connectivity index is 1.77. The van der Waals surface area contributed by atoms with Crippen molar-refractivity contribution in [1.29, 1.82) is 0 Å². The molecule has 0 spiro atoms. The zero-order valence-electron chi connectivity index (χ0n) is 16.5. The molecule has 148 valence electrons. The third-order valence-electron chi connectivity index (χ3n) is 5.51.